The summed E-state index contributed by atoms with van der Waals surface area (Å²) >= 11 is 0. The summed E-state index contributed by atoms with van der Waals surface area (Å²) in [7, 11) is 0. The Bertz CT molecular complexity index is 491. The van der Waals surface area contributed by atoms with Crippen molar-refractivity contribution in [2.24, 2.45) is 5.16 Å². The molecule has 2 aromatic carbocycles. The van der Waals surface area contributed by atoms with Crippen LogP contribution in [0.4, 0.5) is 0 Å². The van der Waals surface area contributed by atoms with Gasteiger partial charge in [0.15, 0.2) is 0 Å². The fourth-order valence-electron chi connectivity index (χ4n) is 1.99. The van der Waals surface area contributed by atoms with Gasteiger partial charge in [-0.3, -0.25) is 0 Å². The van der Waals surface area contributed by atoms with Gasteiger partial charge in [-0.1, -0.05) is 65.8 Å². The molecule has 0 aliphatic rings. The van der Waals surface area contributed by atoms with Gasteiger partial charge in [-0.05, 0) is 30.4 Å². The molecule has 0 saturated carbocycles. The van der Waals surface area contributed by atoms with Gasteiger partial charge in [-0.2, -0.15) is 0 Å². The smallest absolute Gasteiger partial charge is 0.0867 e. The average molecular weight is 239 g/mol. The van der Waals surface area contributed by atoms with Crippen LogP contribution >= 0.6 is 0 Å². The standard InChI is InChI=1S/C16H17NO/c18-17-16(15-11-5-2-6-12-15)13-7-10-14-8-3-1-4-9-14/h1-6,8-9,11-12,18H,7,10,13H2/b17-16+. The lowest BCUT2D eigenvalue weighted by Gasteiger charge is -2.04. The molecule has 0 aliphatic heterocycles. The van der Waals surface area contributed by atoms with E-state index in [0.29, 0.717) is 0 Å². The third-order valence-electron chi connectivity index (χ3n) is 2.95. The maximum Gasteiger partial charge on any atom is 0.0867 e. The van der Waals surface area contributed by atoms with Gasteiger partial charge in [0.05, 0.1) is 5.71 Å². The molecule has 0 bridgehead atoms. The first-order valence-corrected chi connectivity index (χ1v) is 6.20. The van der Waals surface area contributed by atoms with Crippen molar-refractivity contribution in [2.45, 2.75) is 19.3 Å². The first kappa shape index (κ1) is 12.4. The predicted molar refractivity (Wildman–Crippen MR) is 74.1 cm³/mol. The molecule has 18 heavy (non-hydrogen) atoms. The molecule has 2 nitrogen and oxygen atoms in total. The van der Waals surface area contributed by atoms with Crippen LogP contribution in [0.15, 0.2) is 65.8 Å². The molecule has 0 atom stereocenters. The van der Waals surface area contributed by atoms with E-state index in [-0.39, 0.29) is 0 Å². The molecule has 2 heteroatoms. The fourth-order valence-corrected chi connectivity index (χ4v) is 1.99. The number of oxime groups is 1. The van der Waals surface area contributed by atoms with Crippen molar-refractivity contribution in [3.63, 3.8) is 0 Å². The van der Waals surface area contributed by atoms with Crippen LogP contribution in [-0.4, -0.2) is 10.9 Å². The molecule has 2 rings (SSSR count). The molecule has 0 aliphatic carbocycles. The molecule has 1 N–H and O–H groups in total. The molecule has 0 aromatic heterocycles. The van der Waals surface area contributed by atoms with Crippen molar-refractivity contribution >= 4 is 5.71 Å². The molecular weight excluding hydrogens is 222 g/mol. The fraction of sp³-hybridized carbons (Fsp3) is 0.188. The molecule has 0 spiro atoms. The predicted octanol–water partition coefficient (Wildman–Crippen LogP) is 3.89. The zero-order valence-corrected chi connectivity index (χ0v) is 10.3. The van der Waals surface area contributed by atoms with Crippen LogP contribution < -0.4 is 0 Å². The Balaban J connectivity index is 1.90. The lowest BCUT2D eigenvalue weighted by molar-refractivity contribution is 0.318. The van der Waals surface area contributed by atoms with E-state index in [2.05, 4.69) is 17.3 Å². The minimum Gasteiger partial charge on any atom is -0.411 e. The zero-order chi connectivity index (χ0) is 12.6. The van der Waals surface area contributed by atoms with E-state index < -0.39 is 0 Å². The van der Waals surface area contributed by atoms with E-state index in [9.17, 15) is 0 Å². The Labute approximate surface area is 108 Å². The zero-order valence-electron chi connectivity index (χ0n) is 10.3. The topological polar surface area (TPSA) is 32.6 Å². The number of nitrogens with zero attached hydrogens (tertiary/aromatic N) is 1. The summed E-state index contributed by atoms with van der Waals surface area (Å²) in [6, 6.07) is 20.2. The summed E-state index contributed by atoms with van der Waals surface area (Å²) in [5.74, 6) is 0. The highest BCUT2D eigenvalue weighted by Crippen LogP contribution is 2.10. The molecule has 0 fully saturated rings. The van der Waals surface area contributed by atoms with Crippen molar-refractivity contribution in [3.8, 4) is 0 Å². The maximum absolute atomic E-state index is 9.06. The van der Waals surface area contributed by atoms with Gasteiger partial charge in [-0.25, -0.2) is 0 Å². The average Bonchev–Trinajstić information content (AvgIpc) is 2.46. The number of hydrogen-bond acceptors (Lipinski definition) is 2. The third-order valence-corrected chi connectivity index (χ3v) is 2.95. The summed E-state index contributed by atoms with van der Waals surface area (Å²) in [5.41, 5.74) is 3.07. The quantitative estimate of drug-likeness (QED) is 0.479. The van der Waals surface area contributed by atoms with Crippen molar-refractivity contribution in [1.82, 2.24) is 0 Å². The van der Waals surface area contributed by atoms with Gasteiger partial charge in [-0.15, -0.1) is 0 Å². The summed E-state index contributed by atoms with van der Waals surface area (Å²) in [6.45, 7) is 0. The first-order chi connectivity index (χ1) is 8.90. The third kappa shape index (κ3) is 3.45. The highest BCUT2D eigenvalue weighted by molar-refractivity contribution is 6.00. The monoisotopic (exact) mass is 239 g/mol. The van der Waals surface area contributed by atoms with Crippen LogP contribution in [0.25, 0.3) is 0 Å². The largest absolute Gasteiger partial charge is 0.411 e. The van der Waals surface area contributed by atoms with Gasteiger partial charge in [0, 0.05) is 0 Å². The maximum atomic E-state index is 9.06. The van der Waals surface area contributed by atoms with Crippen LogP contribution in [-0.2, 0) is 6.42 Å². The molecular formula is C16H17NO. The molecule has 2 aromatic rings. The Kier molecular flexibility index (Phi) is 4.53. The molecule has 0 radical (unpaired) electrons. The first-order valence-electron chi connectivity index (χ1n) is 6.20. The summed E-state index contributed by atoms with van der Waals surface area (Å²) in [4.78, 5) is 0. The Morgan fingerprint density at radius 3 is 2.11 bits per heavy atom. The summed E-state index contributed by atoms with van der Waals surface area (Å²) in [6.07, 6.45) is 2.78. The van der Waals surface area contributed by atoms with Crippen LogP contribution in [0.1, 0.15) is 24.0 Å². The second kappa shape index (κ2) is 6.60. The second-order valence-corrected chi connectivity index (χ2v) is 4.25. The Hall–Kier alpha value is -2.09. The van der Waals surface area contributed by atoms with Crippen molar-refractivity contribution in [1.29, 1.82) is 0 Å². The highest BCUT2D eigenvalue weighted by Gasteiger charge is 2.03. The van der Waals surface area contributed by atoms with Crippen LogP contribution in [0.2, 0.25) is 0 Å². The van der Waals surface area contributed by atoms with Gasteiger partial charge in [0.2, 0.25) is 0 Å². The van der Waals surface area contributed by atoms with Crippen LogP contribution in [0, 0.1) is 0 Å². The molecule has 0 amide bonds. The molecule has 0 unspecified atom stereocenters. The minimum absolute atomic E-state index is 0.756. The molecule has 0 heterocycles. The van der Waals surface area contributed by atoms with Gasteiger partial charge >= 0.3 is 0 Å². The Morgan fingerprint density at radius 2 is 1.50 bits per heavy atom. The van der Waals surface area contributed by atoms with E-state index in [0.717, 1.165) is 30.5 Å². The number of hydrogen-bond donors (Lipinski definition) is 1. The number of aryl methyl sites for hydroxylation is 1. The second-order valence-electron chi connectivity index (χ2n) is 4.25. The van der Waals surface area contributed by atoms with Gasteiger partial charge < -0.3 is 5.21 Å². The van der Waals surface area contributed by atoms with E-state index >= 15 is 0 Å². The molecule has 92 valence electrons. The number of benzene rings is 2. The van der Waals surface area contributed by atoms with E-state index in [4.69, 9.17) is 5.21 Å². The lowest BCUT2D eigenvalue weighted by atomic mass is 10.0. The minimum atomic E-state index is 0.756. The number of rotatable bonds is 5. The molecule has 0 saturated heterocycles. The van der Waals surface area contributed by atoms with Gasteiger partial charge in [0.1, 0.15) is 0 Å². The summed E-state index contributed by atoms with van der Waals surface area (Å²) < 4.78 is 0. The van der Waals surface area contributed by atoms with E-state index in [1.807, 2.05) is 48.5 Å². The lowest BCUT2D eigenvalue weighted by Crippen LogP contribution is -2.01. The van der Waals surface area contributed by atoms with Crippen molar-refractivity contribution in [3.05, 3.63) is 71.8 Å². The Morgan fingerprint density at radius 1 is 0.889 bits per heavy atom. The van der Waals surface area contributed by atoms with E-state index in [1.54, 1.807) is 0 Å². The van der Waals surface area contributed by atoms with Crippen LogP contribution in [0.5, 0.6) is 0 Å². The summed E-state index contributed by atoms with van der Waals surface area (Å²) in [5, 5.41) is 12.5. The highest BCUT2D eigenvalue weighted by atomic mass is 16.4. The SMILES string of the molecule is O/N=C(\CCCc1ccccc1)c1ccccc1. The van der Waals surface area contributed by atoms with E-state index in [1.165, 1.54) is 5.56 Å². The van der Waals surface area contributed by atoms with Gasteiger partial charge in [0.25, 0.3) is 0 Å². The van der Waals surface area contributed by atoms with Crippen molar-refractivity contribution in [2.75, 3.05) is 0 Å². The normalized spacial score (nSPS) is 11.4. The van der Waals surface area contributed by atoms with Crippen molar-refractivity contribution < 1.29 is 5.21 Å². The van der Waals surface area contributed by atoms with Crippen LogP contribution in [0.3, 0.4) is 0 Å².